The largest absolute Gasteiger partial charge is 2.00 e. The van der Waals surface area contributed by atoms with Gasteiger partial charge in [-0.05, 0) is 72.8 Å². The van der Waals surface area contributed by atoms with E-state index in [2.05, 4.69) is 19.9 Å². The zero-order valence-corrected chi connectivity index (χ0v) is 53.4. The van der Waals surface area contributed by atoms with Gasteiger partial charge >= 0.3 is 48.6 Å². The molecule has 8 aromatic carbocycles. The van der Waals surface area contributed by atoms with Crippen molar-refractivity contribution in [2.45, 2.75) is 0 Å². The summed E-state index contributed by atoms with van der Waals surface area (Å²) in [7, 11) is 0. The van der Waals surface area contributed by atoms with Crippen LogP contribution in [0, 0.1) is 0 Å². The molecule has 18 nitrogen and oxygen atoms in total. The molecule has 412 valence electrons. The molecule has 0 saturated carbocycles. The Morgan fingerprint density at radius 1 is 0.375 bits per heavy atom. The van der Waals surface area contributed by atoms with E-state index in [9.17, 15) is 39.6 Å². The van der Waals surface area contributed by atoms with Gasteiger partial charge < -0.3 is 46.9 Å². The molecule has 0 saturated heterocycles. The molecule has 88 heavy (non-hydrogen) atoms. The van der Waals surface area contributed by atoms with Gasteiger partial charge in [-0.3, -0.25) is 0 Å². The predicted molar refractivity (Wildman–Crippen MR) is 324 cm³/mol. The smallest absolute Gasteiger partial charge is 0.871 e. The Morgan fingerprint density at radius 2 is 0.795 bits per heavy atom. The van der Waals surface area contributed by atoms with E-state index in [1.54, 1.807) is 127 Å². The second-order valence-electron chi connectivity index (χ2n) is 18.5. The van der Waals surface area contributed by atoms with Crippen LogP contribution < -0.4 is 42.7 Å². The zero-order chi connectivity index (χ0) is 57.6. The fraction of sp³-hybridized carbons (Fsp3) is 0. The van der Waals surface area contributed by atoms with Crippen LogP contribution in [0.4, 0.5) is 0 Å². The number of aromatic hydroxyl groups is 2. The summed E-state index contributed by atoms with van der Waals surface area (Å²) in [6, 6.07) is 56.6. The Labute approximate surface area is 534 Å². The molecule has 0 radical (unpaired) electrons. The second kappa shape index (κ2) is 26.4. The summed E-state index contributed by atoms with van der Waals surface area (Å²) in [5.41, 5.74) is 2.80. The first-order chi connectivity index (χ1) is 40.9. The zero-order valence-electron chi connectivity index (χ0n) is 45.8. The molecule has 8 aromatic heterocycles. The quantitative estimate of drug-likeness (QED) is 0.122. The van der Waals surface area contributed by atoms with Gasteiger partial charge in [0.1, 0.15) is 60.2 Å². The van der Waals surface area contributed by atoms with Gasteiger partial charge in [-0.1, -0.05) is 132 Å². The molecular weight excluding hydrogens is 1260 g/mol. The van der Waals surface area contributed by atoms with Gasteiger partial charge in [-0.25, -0.2) is 29.1 Å². The fourth-order valence-corrected chi connectivity index (χ4v) is 11.3. The summed E-state index contributed by atoms with van der Waals surface area (Å²) in [4.78, 5) is 63.2. The summed E-state index contributed by atoms with van der Waals surface area (Å²) < 4.78 is 34.0. The van der Waals surface area contributed by atoms with Crippen LogP contribution in [0.3, 0.4) is 0 Å². The summed E-state index contributed by atoms with van der Waals surface area (Å²) in [6.45, 7) is 0. The van der Waals surface area contributed by atoms with Gasteiger partial charge in [-0.2, -0.15) is 9.97 Å². The van der Waals surface area contributed by atoms with Crippen LogP contribution in [-0.2, 0) is 39.0 Å². The van der Waals surface area contributed by atoms with Crippen molar-refractivity contribution in [2.75, 3.05) is 0 Å². The average Bonchev–Trinajstić information content (AvgIpc) is 3.38. The van der Waals surface area contributed by atoms with Gasteiger partial charge in [0.05, 0.1) is 21.0 Å². The molecule has 0 bridgehead atoms. The number of para-hydroxylation sites is 10. The van der Waals surface area contributed by atoms with E-state index >= 15 is 0 Å². The van der Waals surface area contributed by atoms with E-state index in [0.717, 1.165) is 20.4 Å². The third-order valence-electron chi connectivity index (χ3n) is 13.3. The van der Waals surface area contributed by atoms with Crippen molar-refractivity contribution >= 4 is 129 Å². The molecule has 0 spiro atoms. The van der Waals surface area contributed by atoms with Crippen molar-refractivity contribution in [3.63, 3.8) is 0 Å². The summed E-state index contributed by atoms with van der Waals surface area (Å²) in [6.07, 6.45) is 0. The number of fused-ring (bicyclic) bond motifs is 8. The number of nitrogens with zero attached hydrogens (tertiary/aromatic N) is 2. The Hall–Kier alpha value is -9.90. The van der Waals surface area contributed by atoms with E-state index in [-0.39, 0.29) is 116 Å². The Morgan fingerprint density at radius 3 is 1.35 bits per heavy atom. The van der Waals surface area contributed by atoms with Crippen molar-refractivity contribution in [1.29, 1.82) is 0 Å². The van der Waals surface area contributed by atoms with E-state index in [1.165, 1.54) is 22.7 Å². The molecule has 0 aliphatic rings. The molecular formula is C64H36Be2N4O14S2Zn2+4. The standard InChI is InChI=1S/2C16H9NO4.2C16H9NO3S.2Be.2Zn/c2*18-14-9-5-1-3-7-11(9)21-16(19)13(14)15-17-10-6-2-4-8-12(10)20-15;2*18-14-9-5-1-3-7-11(9)20-16(19)13(14)15-17-10-6-2-4-8-12(10)21-15;;;;/h4*1-8,18H;;;;/q;;;;2*+2;;. The molecule has 16 aromatic rings. The number of benzene rings is 8. The number of oxazole rings is 2. The molecule has 0 aliphatic heterocycles. The number of rotatable bonds is 4. The van der Waals surface area contributed by atoms with Gasteiger partial charge in [0, 0.05) is 61.9 Å². The van der Waals surface area contributed by atoms with Gasteiger partial charge in [0.15, 0.2) is 16.7 Å². The molecule has 16 rings (SSSR count). The van der Waals surface area contributed by atoms with Crippen LogP contribution >= 0.6 is 22.7 Å². The summed E-state index contributed by atoms with van der Waals surface area (Å²) in [5, 5.41) is 48.5. The molecule has 0 atom stereocenters. The van der Waals surface area contributed by atoms with E-state index < -0.39 is 28.3 Å². The third-order valence-corrected chi connectivity index (χ3v) is 15.4. The summed E-state index contributed by atoms with van der Waals surface area (Å²) >= 11 is 2.73. The first kappa shape index (κ1) is 62.6. The Bertz CT molecular complexity index is 4700. The molecule has 0 fully saturated rings. The van der Waals surface area contributed by atoms with Crippen LogP contribution in [0.5, 0.6) is 23.0 Å². The number of H-pyrrole nitrogens is 2. The van der Waals surface area contributed by atoms with Crippen molar-refractivity contribution in [3.05, 3.63) is 236 Å². The minimum atomic E-state index is -0.714. The molecule has 0 aliphatic carbocycles. The number of nitrogens with one attached hydrogen (secondary N) is 2. The van der Waals surface area contributed by atoms with Crippen molar-refractivity contribution in [1.82, 2.24) is 9.97 Å². The number of thiazole rings is 2. The van der Waals surface area contributed by atoms with Crippen LogP contribution in [0.25, 0.3) is 131 Å². The first-order valence-corrected chi connectivity index (χ1v) is 27.1. The first-order valence-electron chi connectivity index (χ1n) is 25.5. The van der Waals surface area contributed by atoms with Crippen LogP contribution in [-0.4, -0.2) is 40.4 Å². The minimum absolute atomic E-state index is 0. The van der Waals surface area contributed by atoms with E-state index in [1.807, 2.05) is 66.7 Å². The predicted octanol–water partition coefficient (Wildman–Crippen LogP) is 11.0. The molecule has 8 heterocycles. The number of hydrogen-bond acceptors (Lipinski definition) is 18. The maximum Gasteiger partial charge on any atom is 2.00 e. The van der Waals surface area contributed by atoms with Crippen LogP contribution in [0.2, 0.25) is 0 Å². The molecule has 4 N–H and O–H groups in total. The van der Waals surface area contributed by atoms with Crippen molar-refractivity contribution < 1.29 is 95.9 Å². The topological polar surface area (TPSA) is 288 Å². The van der Waals surface area contributed by atoms with E-state index in [4.69, 9.17) is 26.5 Å². The Balaban J connectivity index is 0.000000138. The van der Waals surface area contributed by atoms with Crippen molar-refractivity contribution in [2.24, 2.45) is 0 Å². The van der Waals surface area contributed by atoms with E-state index in [0.29, 0.717) is 70.5 Å². The van der Waals surface area contributed by atoms with Gasteiger partial charge in [-0.15, -0.1) is 11.3 Å². The SMILES string of the molecule is O=c1oc2ccccc2c(O)c1-c1nc2ccccc2o1.O=c1oc2ccccc2c(O)c1-c1nc2ccccc2s1.O=c1oc2ccccc2c([O-])c1-c1[nH+]c2ccccc2o1.O=c1oc2ccccc2c([O-])c1-c1[nH+]c2ccccc2s1.[Be+2].[Be+2].[Zn].[Zn]. The maximum absolute atomic E-state index is 12.6. The number of hydrogen-bond donors (Lipinski definition) is 2. The number of aromatic amines is 2. The second-order valence-corrected chi connectivity index (χ2v) is 20.6. The monoisotopic (exact) mass is 1290 g/mol. The average molecular weight is 1300 g/mol. The number of aromatic nitrogens is 4. The Kier molecular flexibility index (Phi) is 18.8. The fourth-order valence-electron chi connectivity index (χ4n) is 9.30. The normalized spacial score (nSPS) is 10.7. The maximum atomic E-state index is 12.6. The minimum Gasteiger partial charge on any atom is -0.871 e. The molecule has 0 unspecified atom stereocenters. The van der Waals surface area contributed by atoms with Gasteiger partial charge in [0.2, 0.25) is 22.5 Å². The molecule has 0 amide bonds. The van der Waals surface area contributed by atoms with Crippen LogP contribution in [0.15, 0.2) is 240 Å². The van der Waals surface area contributed by atoms with Crippen molar-refractivity contribution in [3.8, 4) is 67.0 Å². The third kappa shape index (κ3) is 11.9. The van der Waals surface area contributed by atoms with Crippen LogP contribution in [0.1, 0.15) is 0 Å². The molecule has 24 heteroatoms. The van der Waals surface area contributed by atoms with Gasteiger partial charge in [0.25, 0.3) is 5.01 Å². The summed E-state index contributed by atoms with van der Waals surface area (Å²) in [5.74, 6) is -0.815.